The van der Waals surface area contributed by atoms with Crippen molar-refractivity contribution in [2.45, 2.75) is 19.0 Å². The molecule has 0 aromatic carbocycles. The van der Waals surface area contributed by atoms with E-state index in [9.17, 15) is 9.59 Å². The zero-order chi connectivity index (χ0) is 9.84. The molecule has 1 atom stereocenters. The molecule has 0 aliphatic carbocycles. The maximum Gasteiger partial charge on any atom is 0.312 e. The Balaban J connectivity index is 0.00000169. The monoisotopic (exact) mass is 222 g/mol. The average Bonchev–Trinajstić information content (AvgIpc) is 1.94. The van der Waals surface area contributed by atoms with Crippen LogP contribution < -0.4 is 21.7 Å². The number of urea groups is 1. The SMILES string of the molecule is CC(NC(N)=O)C(=O)NC1CNC1.Cl. The first kappa shape index (κ1) is 13.0. The highest BCUT2D eigenvalue weighted by atomic mass is 35.5. The summed E-state index contributed by atoms with van der Waals surface area (Å²) in [5, 5.41) is 8.07. The van der Waals surface area contributed by atoms with E-state index >= 15 is 0 Å². The van der Waals surface area contributed by atoms with Gasteiger partial charge in [0.1, 0.15) is 6.04 Å². The Morgan fingerprint density at radius 2 is 2.07 bits per heavy atom. The van der Waals surface area contributed by atoms with Gasteiger partial charge >= 0.3 is 6.03 Å². The summed E-state index contributed by atoms with van der Waals surface area (Å²) in [5.74, 6) is -0.203. The summed E-state index contributed by atoms with van der Waals surface area (Å²) in [4.78, 5) is 21.7. The third kappa shape index (κ3) is 3.80. The fraction of sp³-hybridized carbons (Fsp3) is 0.714. The fourth-order valence-electron chi connectivity index (χ4n) is 0.996. The van der Waals surface area contributed by atoms with Crippen LogP contribution in [0.1, 0.15) is 6.92 Å². The van der Waals surface area contributed by atoms with Crippen molar-refractivity contribution in [2.75, 3.05) is 13.1 Å². The first-order chi connectivity index (χ1) is 6.09. The van der Waals surface area contributed by atoms with Gasteiger partial charge in [-0.3, -0.25) is 4.79 Å². The van der Waals surface area contributed by atoms with Crippen LogP contribution >= 0.6 is 12.4 Å². The van der Waals surface area contributed by atoms with Gasteiger partial charge < -0.3 is 21.7 Å². The normalized spacial score (nSPS) is 17.2. The zero-order valence-electron chi connectivity index (χ0n) is 7.87. The van der Waals surface area contributed by atoms with Gasteiger partial charge in [-0.25, -0.2) is 4.79 Å². The van der Waals surface area contributed by atoms with Crippen molar-refractivity contribution >= 4 is 24.3 Å². The first-order valence-corrected chi connectivity index (χ1v) is 4.16. The van der Waals surface area contributed by atoms with E-state index in [1.807, 2.05) is 0 Å². The molecule has 1 saturated heterocycles. The molecule has 3 amide bonds. The van der Waals surface area contributed by atoms with E-state index in [1.165, 1.54) is 0 Å². The van der Waals surface area contributed by atoms with Crippen LogP contribution in [0.2, 0.25) is 0 Å². The number of amides is 3. The minimum atomic E-state index is -0.686. The van der Waals surface area contributed by atoms with Crippen LogP contribution in [0.5, 0.6) is 0 Å². The van der Waals surface area contributed by atoms with Crippen LogP contribution in [0, 0.1) is 0 Å². The highest BCUT2D eigenvalue weighted by Gasteiger charge is 2.22. The minimum absolute atomic E-state index is 0. The summed E-state index contributed by atoms with van der Waals surface area (Å²) in [6.07, 6.45) is 0. The van der Waals surface area contributed by atoms with Crippen molar-refractivity contribution in [1.82, 2.24) is 16.0 Å². The number of primary amides is 1. The molecule has 7 heteroatoms. The molecule has 0 aromatic heterocycles. The number of nitrogens with two attached hydrogens (primary N) is 1. The number of nitrogens with one attached hydrogen (secondary N) is 3. The van der Waals surface area contributed by atoms with Crippen LogP contribution in [0.25, 0.3) is 0 Å². The van der Waals surface area contributed by atoms with Gasteiger partial charge in [0.2, 0.25) is 5.91 Å². The molecule has 0 bridgehead atoms. The predicted octanol–water partition coefficient (Wildman–Crippen LogP) is -1.45. The molecule has 82 valence electrons. The van der Waals surface area contributed by atoms with Gasteiger partial charge in [-0.1, -0.05) is 0 Å². The Kier molecular flexibility index (Phi) is 5.26. The van der Waals surface area contributed by atoms with Crippen LogP contribution in [0.3, 0.4) is 0 Å². The number of carbonyl (C=O) groups is 2. The van der Waals surface area contributed by atoms with E-state index in [-0.39, 0.29) is 24.4 Å². The van der Waals surface area contributed by atoms with Gasteiger partial charge in [-0.2, -0.15) is 0 Å². The molecule has 1 heterocycles. The molecule has 1 fully saturated rings. The molecule has 1 aliphatic rings. The smallest absolute Gasteiger partial charge is 0.312 e. The van der Waals surface area contributed by atoms with Crippen molar-refractivity contribution in [2.24, 2.45) is 5.73 Å². The molecular formula is C7H15ClN4O2. The van der Waals surface area contributed by atoms with Gasteiger partial charge in [0.05, 0.1) is 6.04 Å². The third-order valence-corrected chi connectivity index (χ3v) is 1.88. The lowest BCUT2D eigenvalue weighted by Crippen LogP contribution is -2.60. The molecule has 0 radical (unpaired) electrons. The second-order valence-electron chi connectivity index (χ2n) is 3.09. The highest BCUT2D eigenvalue weighted by Crippen LogP contribution is 1.91. The number of hydrogen-bond donors (Lipinski definition) is 4. The van der Waals surface area contributed by atoms with E-state index in [1.54, 1.807) is 6.92 Å². The lowest BCUT2D eigenvalue weighted by molar-refractivity contribution is -0.123. The zero-order valence-corrected chi connectivity index (χ0v) is 8.69. The summed E-state index contributed by atoms with van der Waals surface area (Å²) in [6, 6.07) is -1.07. The van der Waals surface area contributed by atoms with E-state index < -0.39 is 12.1 Å². The summed E-state index contributed by atoms with van der Waals surface area (Å²) in [6.45, 7) is 3.16. The van der Waals surface area contributed by atoms with E-state index in [0.29, 0.717) is 0 Å². The molecule has 5 N–H and O–H groups in total. The molecule has 1 rings (SSSR count). The summed E-state index contributed by atoms with van der Waals surface area (Å²) < 4.78 is 0. The lowest BCUT2D eigenvalue weighted by Gasteiger charge is -2.29. The largest absolute Gasteiger partial charge is 0.352 e. The number of rotatable bonds is 3. The molecule has 1 aliphatic heterocycles. The van der Waals surface area contributed by atoms with Gasteiger partial charge in [-0.05, 0) is 6.92 Å². The fourth-order valence-corrected chi connectivity index (χ4v) is 0.996. The Hall–Kier alpha value is -1.01. The number of hydrogen-bond acceptors (Lipinski definition) is 3. The lowest BCUT2D eigenvalue weighted by atomic mass is 10.1. The average molecular weight is 223 g/mol. The topological polar surface area (TPSA) is 96.2 Å². The van der Waals surface area contributed by atoms with Crippen molar-refractivity contribution in [1.29, 1.82) is 0 Å². The molecule has 14 heavy (non-hydrogen) atoms. The van der Waals surface area contributed by atoms with Crippen molar-refractivity contribution < 1.29 is 9.59 Å². The minimum Gasteiger partial charge on any atom is -0.352 e. The molecule has 1 unspecified atom stereocenters. The predicted molar refractivity (Wildman–Crippen MR) is 54.2 cm³/mol. The summed E-state index contributed by atoms with van der Waals surface area (Å²) >= 11 is 0. The second kappa shape index (κ2) is 5.66. The molecular weight excluding hydrogens is 208 g/mol. The van der Waals surface area contributed by atoms with Crippen LogP contribution in [-0.4, -0.2) is 37.1 Å². The molecule has 0 spiro atoms. The van der Waals surface area contributed by atoms with E-state index in [4.69, 9.17) is 5.73 Å². The molecule has 0 saturated carbocycles. The number of carbonyl (C=O) groups excluding carboxylic acids is 2. The van der Waals surface area contributed by atoms with Gasteiger partial charge in [0, 0.05) is 13.1 Å². The van der Waals surface area contributed by atoms with Crippen molar-refractivity contribution in [3.63, 3.8) is 0 Å². The van der Waals surface area contributed by atoms with Gasteiger partial charge in [-0.15, -0.1) is 12.4 Å². The maximum absolute atomic E-state index is 11.3. The van der Waals surface area contributed by atoms with Gasteiger partial charge in [0.25, 0.3) is 0 Å². The van der Waals surface area contributed by atoms with Crippen molar-refractivity contribution in [3.8, 4) is 0 Å². The Morgan fingerprint density at radius 1 is 1.50 bits per heavy atom. The van der Waals surface area contributed by atoms with E-state index in [2.05, 4.69) is 16.0 Å². The van der Waals surface area contributed by atoms with Crippen LogP contribution in [0.15, 0.2) is 0 Å². The second-order valence-corrected chi connectivity index (χ2v) is 3.09. The molecule has 0 aromatic rings. The third-order valence-electron chi connectivity index (χ3n) is 1.88. The molecule has 6 nitrogen and oxygen atoms in total. The van der Waals surface area contributed by atoms with E-state index in [0.717, 1.165) is 13.1 Å². The summed E-state index contributed by atoms with van der Waals surface area (Å²) in [7, 11) is 0. The quantitative estimate of drug-likeness (QED) is 0.471. The Bertz CT molecular complexity index is 220. The van der Waals surface area contributed by atoms with Crippen LogP contribution in [0.4, 0.5) is 4.79 Å². The first-order valence-electron chi connectivity index (χ1n) is 4.16. The van der Waals surface area contributed by atoms with Gasteiger partial charge in [0.15, 0.2) is 0 Å². The Morgan fingerprint density at radius 3 is 2.43 bits per heavy atom. The Labute approximate surface area is 88.4 Å². The summed E-state index contributed by atoms with van der Waals surface area (Å²) in [5.41, 5.74) is 4.87. The maximum atomic E-state index is 11.3. The van der Waals surface area contributed by atoms with Crippen LogP contribution in [-0.2, 0) is 4.79 Å². The standard InChI is InChI=1S/C7H14N4O2.ClH/c1-4(10-7(8)13)6(12)11-5-2-9-3-5;/h4-5,9H,2-3H2,1H3,(H,11,12)(H3,8,10,13);1H. The number of halogens is 1. The highest BCUT2D eigenvalue weighted by molar-refractivity contribution is 5.86. The van der Waals surface area contributed by atoms with Crippen molar-refractivity contribution in [3.05, 3.63) is 0 Å².